The molecule has 1 aliphatic carbocycles. The molecule has 5 heteroatoms. The van der Waals surface area contributed by atoms with Gasteiger partial charge in [-0.3, -0.25) is 14.4 Å². The van der Waals surface area contributed by atoms with Crippen molar-refractivity contribution in [1.82, 2.24) is 0 Å². The monoisotopic (exact) mass is 317 g/mol. The minimum absolute atomic E-state index is 0.222. The van der Waals surface area contributed by atoms with Gasteiger partial charge in [-0.15, -0.1) is 11.8 Å². The molecular weight excluding hydrogens is 298 g/mol. The maximum Gasteiger partial charge on any atom is 0.180 e. The van der Waals surface area contributed by atoms with Crippen molar-refractivity contribution in [2.75, 3.05) is 23.7 Å². The van der Waals surface area contributed by atoms with Gasteiger partial charge in [0.15, 0.2) is 17.3 Å². The van der Waals surface area contributed by atoms with Crippen LogP contribution in [0.25, 0.3) is 0 Å². The zero-order chi connectivity index (χ0) is 15.7. The van der Waals surface area contributed by atoms with E-state index in [-0.39, 0.29) is 17.3 Å². The van der Waals surface area contributed by atoms with Crippen LogP contribution in [0.1, 0.15) is 36.5 Å². The summed E-state index contributed by atoms with van der Waals surface area (Å²) in [6.45, 7) is 3.92. The van der Waals surface area contributed by atoms with Crippen molar-refractivity contribution in [2.24, 2.45) is 5.92 Å². The second-order valence-electron chi connectivity index (χ2n) is 5.69. The Morgan fingerprint density at radius 2 is 2.00 bits per heavy atom. The first kappa shape index (κ1) is 15.3. The fourth-order valence-electron chi connectivity index (χ4n) is 3.12. The number of hydrogen-bond acceptors (Lipinski definition) is 5. The summed E-state index contributed by atoms with van der Waals surface area (Å²) in [5.74, 6) is -0.808. The van der Waals surface area contributed by atoms with Gasteiger partial charge in [-0.25, -0.2) is 0 Å². The molecule has 1 fully saturated rings. The highest BCUT2D eigenvalue weighted by Crippen LogP contribution is 2.36. The van der Waals surface area contributed by atoms with Crippen LogP contribution < -0.4 is 4.90 Å². The number of anilines is 1. The predicted octanol–water partition coefficient (Wildman–Crippen LogP) is 2.74. The molecule has 1 heterocycles. The molecule has 2 aliphatic rings. The van der Waals surface area contributed by atoms with Crippen LogP contribution in [0.4, 0.5) is 5.69 Å². The van der Waals surface area contributed by atoms with Gasteiger partial charge in [0, 0.05) is 42.1 Å². The van der Waals surface area contributed by atoms with Crippen LogP contribution in [0.15, 0.2) is 23.1 Å². The molecule has 0 unspecified atom stereocenters. The Morgan fingerprint density at radius 3 is 2.68 bits per heavy atom. The minimum atomic E-state index is -1.07. The fraction of sp³-hybridized carbons (Fsp3) is 0.471. The first-order chi connectivity index (χ1) is 10.6. The van der Waals surface area contributed by atoms with Gasteiger partial charge in [0.05, 0.1) is 5.69 Å². The maximum absolute atomic E-state index is 12.6. The van der Waals surface area contributed by atoms with Crippen molar-refractivity contribution in [3.05, 3.63) is 23.8 Å². The number of hydrogen-bond donors (Lipinski definition) is 0. The SMILES string of the molecule is CCN1CCSc2ccc(C(=O)C3C(=O)CCCC3=O)cc21. The van der Waals surface area contributed by atoms with Crippen LogP contribution in [0.3, 0.4) is 0 Å². The van der Waals surface area contributed by atoms with Crippen molar-refractivity contribution >= 4 is 34.8 Å². The summed E-state index contributed by atoms with van der Waals surface area (Å²) in [5, 5.41) is 0. The third-order valence-corrected chi connectivity index (χ3v) is 5.38. The van der Waals surface area contributed by atoms with Crippen molar-refractivity contribution < 1.29 is 14.4 Å². The van der Waals surface area contributed by atoms with E-state index in [4.69, 9.17) is 0 Å². The summed E-state index contributed by atoms with van der Waals surface area (Å²) in [6, 6.07) is 5.54. The number of carbonyl (C=O) groups excluding carboxylic acids is 3. The van der Waals surface area contributed by atoms with Crippen molar-refractivity contribution in [3.63, 3.8) is 0 Å². The molecule has 22 heavy (non-hydrogen) atoms. The highest BCUT2D eigenvalue weighted by Gasteiger charge is 2.36. The van der Waals surface area contributed by atoms with Gasteiger partial charge in [0.2, 0.25) is 0 Å². The maximum atomic E-state index is 12.6. The zero-order valence-corrected chi connectivity index (χ0v) is 13.4. The lowest BCUT2D eigenvalue weighted by molar-refractivity contribution is -0.133. The van der Waals surface area contributed by atoms with E-state index in [0.29, 0.717) is 24.8 Å². The molecule has 3 rings (SSSR count). The first-order valence-corrected chi connectivity index (χ1v) is 8.72. The first-order valence-electron chi connectivity index (χ1n) is 7.73. The number of benzene rings is 1. The largest absolute Gasteiger partial charge is 0.370 e. The zero-order valence-electron chi connectivity index (χ0n) is 12.6. The molecule has 0 spiro atoms. The lowest BCUT2D eigenvalue weighted by Crippen LogP contribution is -2.35. The third-order valence-electron chi connectivity index (χ3n) is 4.34. The summed E-state index contributed by atoms with van der Waals surface area (Å²) < 4.78 is 0. The molecular formula is C17H19NO3S. The molecule has 0 amide bonds. The molecule has 1 aromatic rings. The smallest absolute Gasteiger partial charge is 0.180 e. The van der Waals surface area contributed by atoms with Gasteiger partial charge in [0.25, 0.3) is 0 Å². The topological polar surface area (TPSA) is 54.5 Å². The molecule has 0 bridgehead atoms. The van der Waals surface area contributed by atoms with Crippen LogP contribution in [0.2, 0.25) is 0 Å². The number of Topliss-reactive ketones (excluding diaryl/α,β-unsaturated/α-hetero) is 3. The summed E-state index contributed by atoms with van der Waals surface area (Å²) in [4.78, 5) is 40.0. The third kappa shape index (κ3) is 2.70. The Morgan fingerprint density at radius 1 is 1.27 bits per heavy atom. The summed E-state index contributed by atoms with van der Waals surface area (Å²) in [5.41, 5.74) is 1.52. The average Bonchev–Trinajstić information content (AvgIpc) is 2.53. The van der Waals surface area contributed by atoms with Crippen LogP contribution >= 0.6 is 11.8 Å². The Kier molecular flexibility index (Phi) is 4.34. The van der Waals surface area contributed by atoms with E-state index in [2.05, 4.69) is 11.8 Å². The molecule has 0 N–H and O–H groups in total. The number of carbonyl (C=O) groups is 3. The molecule has 1 saturated carbocycles. The fourth-order valence-corrected chi connectivity index (χ4v) is 4.15. The quantitative estimate of drug-likeness (QED) is 0.634. The summed E-state index contributed by atoms with van der Waals surface area (Å²) in [7, 11) is 0. The van der Waals surface area contributed by atoms with Gasteiger partial charge in [0.1, 0.15) is 5.92 Å². The normalized spacial score (nSPS) is 19.2. The molecule has 116 valence electrons. The predicted molar refractivity (Wildman–Crippen MR) is 86.7 cm³/mol. The van der Waals surface area contributed by atoms with Crippen LogP contribution in [-0.4, -0.2) is 36.2 Å². The van der Waals surface area contributed by atoms with Crippen molar-refractivity contribution in [2.45, 2.75) is 31.1 Å². The molecule has 4 nitrogen and oxygen atoms in total. The molecule has 1 aliphatic heterocycles. The number of fused-ring (bicyclic) bond motifs is 1. The van der Waals surface area contributed by atoms with E-state index >= 15 is 0 Å². The molecule has 0 radical (unpaired) electrons. The van der Waals surface area contributed by atoms with E-state index in [1.807, 2.05) is 12.1 Å². The van der Waals surface area contributed by atoms with Crippen LogP contribution in [0, 0.1) is 5.92 Å². The highest BCUT2D eigenvalue weighted by atomic mass is 32.2. The number of nitrogens with zero attached hydrogens (tertiary/aromatic N) is 1. The summed E-state index contributed by atoms with van der Waals surface area (Å²) in [6.07, 6.45) is 1.25. The Hall–Kier alpha value is -1.62. The van der Waals surface area contributed by atoms with Gasteiger partial charge in [-0.05, 0) is 25.5 Å². The Balaban J connectivity index is 1.93. The van der Waals surface area contributed by atoms with E-state index < -0.39 is 5.92 Å². The van der Waals surface area contributed by atoms with E-state index in [9.17, 15) is 14.4 Å². The Bertz CT molecular complexity index is 625. The minimum Gasteiger partial charge on any atom is -0.370 e. The number of thioether (sulfide) groups is 1. The molecule has 0 aromatic heterocycles. The van der Waals surface area contributed by atoms with Gasteiger partial charge in [-0.1, -0.05) is 6.07 Å². The van der Waals surface area contributed by atoms with E-state index in [1.54, 1.807) is 17.8 Å². The highest BCUT2D eigenvalue weighted by molar-refractivity contribution is 7.99. The average molecular weight is 317 g/mol. The lowest BCUT2D eigenvalue weighted by Gasteiger charge is -2.30. The lowest BCUT2D eigenvalue weighted by atomic mass is 9.81. The second kappa shape index (κ2) is 6.24. The molecule has 1 aromatic carbocycles. The number of ketones is 3. The van der Waals surface area contributed by atoms with Crippen molar-refractivity contribution in [1.29, 1.82) is 0 Å². The number of rotatable bonds is 3. The second-order valence-corrected chi connectivity index (χ2v) is 6.83. The van der Waals surface area contributed by atoms with Gasteiger partial charge < -0.3 is 4.90 Å². The van der Waals surface area contributed by atoms with E-state index in [1.165, 1.54) is 0 Å². The molecule has 0 saturated heterocycles. The standard InChI is InChI=1S/C17H19NO3S/c1-2-18-8-9-22-15-7-6-11(10-12(15)18)17(21)16-13(19)4-3-5-14(16)20/h6-7,10,16H,2-5,8-9H2,1H3. The van der Waals surface area contributed by atoms with Crippen LogP contribution in [-0.2, 0) is 9.59 Å². The summed E-state index contributed by atoms with van der Waals surface area (Å²) >= 11 is 1.78. The van der Waals surface area contributed by atoms with Gasteiger partial charge >= 0.3 is 0 Å². The van der Waals surface area contributed by atoms with Crippen molar-refractivity contribution in [3.8, 4) is 0 Å². The Labute approximate surface area is 134 Å². The van der Waals surface area contributed by atoms with Crippen LogP contribution in [0.5, 0.6) is 0 Å². The molecule has 0 atom stereocenters. The van der Waals surface area contributed by atoms with Gasteiger partial charge in [-0.2, -0.15) is 0 Å². The van der Waals surface area contributed by atoms with E-state index in [0.717, 1.165) is 29.4 Å².